The number of carbonyl (C=O) groups is 1. The molecule has 0 bridgehead atoms. The fourth-order valence-electron chi connectivity index (χ4n) is 1.50. The number of nitrogens with one attached hydrogen (secondary N) is 1. The maximum absolute atomic E-state index is 11.1. The zero-order valence-electron chi connectivity index (χ0n) is 8.34. The summed E-state index contributed by atoms with van der Waals surface area (Å²) < 4.78 is 0. The van der Waals surface area contributed by atoms with Gasteiger partial charge in [0.15, 0.2) is 0 Å². The van der Waals surface area contributed by atoms with Crippen molar-refractivity contribution in [3.05, 3.63) is 23.8 Å². The third kappa shape index (κ3) is 3.15. The number of Topliss-reactive ketones (excluding diaryl/α,β-unsaturated/α-hetero) is 1. The first-order valence-electron chi connectivity index (χ1n) is 4.77. The van der Waals surface area contributed by atoms with Gasteiger partial charge in [0.25, 0.3) is 0 Å². The third-order valence-electron chi connectivity index (χ3n) is 2.35. The van der Waals surface area contributed by atoms with Gasteiger partial charge in [-0.15, -0.1) is 0 Å². The van der Waals surface area contributed by atoms with Crippen molar-refractivity contribution in [2.75, 3.05) is 7.05 Å². The Labute approximate surface area is 79.7 Å². The van der Waals surface area contributed by atoms with Gasteiger partial charge in [-0.05, 0) is 33.2 Å². The Morgan fingerprint density at radius 2 is 2.38 bits per heavy atom. The first-order valence-corrected chi connectivity index (χ1v) is 4.77. The molecule has 0 saturated heterocycles. The molecule has 1 aliphatic carbocycles. The van der Waals surface area contributed by atoms with Gasteiger partial charge in [0, 0.05) is 0 Å². The van der Waals surface area contributed by atoms with Gasteiger partial charge in [0.1, 0.15) is 5.78 Å². The highest BCUT2D eigenvalue weighted by atomic mass is 16.1. The van der Waals surface area contributed by atoms with Crippen LogP contribution in [0.25, 0.3) is 0 Å². The zero-order valence-corrected chi connectivity index (χ0v) is 8.34. The van der Waals surface area contributed by atoms with E-state index in [0.29, 0.717) is 0 Å². The number of hydrogen-bond acceptors (Lipinski definition) is 2. The molecule has 0 spiro atoms. The van der Waals surface area contributed by atoms with Crippen LogP contribution in [0, 0.1) is 0 Å². The van der Waals surface area contributed by atoms with Crippen molar-refractivity contribution in [2.45, 2.75) is 32.2 Å². The van der Waals surface area contributed by atoms with Gasteiger partial charge in [0.2, 0.25) is 0 Å². The fraction of sp³-hybridized carbons (Fsp3) is 0.545. The molecule has 0 heterocycles. The Hall–Kier alpha value is -0.890. The van der Waals surface area contributed by atoms with Crippen molar-refractivity contribution < 1.29 is 4.79 Å². The molecule has 1 N–H and O–H groups in total. The van der Waals surface area contributed by atoms with E-state index < -0.39 is 0 Å². The normalized spacial score (nSPS) is 18.2. The van der Waals surface area contributed by atoms with E-state index in [1.165, 1.54) is 5.57 Å². The molecular weight excluding hydrogens is 162 g/mol. The van der Waals surface area contributed by atoms with E-state index >= 15 is 0 Å². The molecule has 0 radical (unpaired) electrons. The predicted octanol–water partition coefficient (Wildman–Crippen LogP) is 1.83. The third-order valence-corrected chi connectivity index (χ3v) is 2.35. The minimum absolute atomic E-state index is 0.0194. The van der Waals surface area contributed by atoms with Crippen LogP contribution in [-0.4, -0.2) is 18.9 Å². The molecule has 0 aliphatic heterocycles. The van der Waals surface area contributed by atoms with Crippen LogP contribution in [0.1, 0.15) is 26.2 Å². The summed E-state index contributed by atoms with van der Waals surface area (Å²) in [6.07, 6.45) is 9.57. The molecule has 13 heavy (non-hydrogen) atoms. The average molecular weight is 179 g/mol. The topological polar surface area (TPSA) is 29.1 Å². The van der Waals surface area contributed by atoms with Crippen molar-refractivity contribution in [1.29, 1.82) is 0 Å². The quantitative estimate of drug-likeness (QED) is 0.713. The largest absolute Gasteiger partial charge is 0.310 e. The van der Waals surface area contributed by atoms with Crippen LogP contribution in [0.4, 0.5) is 0 Å². The van der Waals surface area contributed by atoms with Gasteiger partial charge < -0.3 is 5.32 Å². The summed E-state index contributed by atoms with van der Waals surface area (Å²) in [6, 6.07) is -0.0194. The number of allylic oxidation sites excluding steroid dienone is 3. The molecule has 2 nitrogen and oxygen atoms in total. The molecule has 0 aromatic rings. The number of ketones is 1. The first-order chi connectivity index (χ1) is 6.24. The predicted molar refractivity (Wildman–Crippen MR) is 54.6 cm³/mol. The van der Waals surface area contributed by atoms with Crippen molar-refractivity contribution >= 4 is 5.78 Å². The molecule has 1 rings (SSSR count). The summed E-state index contributed by atoms with van der Waals surface area (Å²) in [5.74, 6) is 0.211. The second kappa shape index (κ2) is 4.97. The lowest BCUT2D eigenvalue weighted by Gasteiger charge is -2.14. The molecule has 0 fully saturated rings. The molecule has 1 aliphatic rings. The van der Waals surface area contributed by atoms with E-state index in [4.69, 9.17) is 0 Å². The highest BCUT2D eigenvalue weighted by Crippen LogP contribution is 2.14. The van der Waals surface area contributed by atoms with Crippen LogP contribution in [0.15, 0.2) is 23.8 Å². The molecule has 0 aromatic heterocycles. The Morgan fingerprint density at radius 1 is 1.62 bits per heavy atom. The minimum atomic E-state index is -0.0194. The van der Waals surface area contributed by atoms with E-state index in [2.05, 4.69) is 23.5 Å². The summed E-state index contributed by atoms with van der Waals surface area (Å²) in [6.45, 7) is 1.63. The van der Waals surface area contributed by atoms with Crippen LogP contribution >= 0.6 is 0 Å². The van der Waals surface area contributed by atoms with Gasteiger partial charge in [-0.2, -0.15) is 0 Å². The van der Waals surface area contributed by atoms with E-state index in [1.54, 1.807) is 6.92 Å². The standard InChI is InChI=1S/C11H17NO/c1-9(13)11(12-2)8-10-6-4-3-5-7-10/h4,6-7,11-12H,3,5,8H2,1-2H3. The monoisotopic (exact) mass is 179 g/mol. The molecular formula is C11H17NO. The summed E-state index contributed by atoms with van der Waals surface area (Å²) in [4.78, 5) is 11.1. The maximum atomic E-state index is 11.1. The molecule has 0 amide bonds. The van der Waals surface area contributed by atoms with Crippen LogP contribution in [0.2, 0.25) is 0 Å². The summed E-state index contributed by atoms with van der Waals surface area (Å²) in [5.41, 5.74) is 1.28. The van der Waals surface area contributed by atoms with Gasteiger partial charge in [0.05, 0.1) is 6.04 Å². The van der Waals surface area contributed by atoms with Gasteiger partial charge in [-0.1, -0.05) is 23.8 Å². The van der Waals surface area contributed by atoms with E-state index in [0.717, 1.165) is 19.3 Å². The second-order valence-corrected chi connectivity index (χ2v) is 3.41. The first kappa shape index (κ1) is 10.2. The van der Waals surface area contributed by atoms with Crippen LogP contribution in [-0.2, 0) is 4.79 Å². The number of likely N-dealkylation sites (N-methyl/N-ethyl adjacent to an activating group) is 1. The molecule has 72 valence electrons. The van der Waals surface area contributed by atoms with Crippen LogP contribution < -0.4 is 5.32 Å². The number of rotatable bonds is 4. The fourth-order valence-corrected chi connectivity index (χ4v) is 1.50. The Bertz CT molecular complexity index is 240. The summed E-state index contributed by atoms with van der Waals surface area (Å²) >= 11 is 0. The average Bonchev–Trinajstić information content (AvgIpc) is 2.15. The maximum Gasteiger partial charge on any atom is 0.147 e. The highest BCUT2D eigenvalue weighted by molar-refractivity contribution is 5.81. The number of hydrogen-bond donors (Lipinski definition) is 1. The lowest BCUT2D eigenvalue weighted by atomic mass is 9.98. The zero-order chi connectivity index (χ0) is 9.68. The molecule has 1 atom stereocenters. The molecule has 0 saturated carbocycles. The van der Waals surface area contributed by atoms with Crippen LogP contribution in [0.3, 0.4) is 0 Å². The van der Waals surface area contributed by atoms with Crippen molar-refractivity contribution in [3.63, 3.8) is 0 Å². The molecule has 2 heteroatoms. The minimum Gasteiger partial charge on any atom is -0.310 e. The van der Waals surface area contributed by atoms with E-state index in [-0.39, 0.29) is 11.8 Å². The smallest absolute Gasteiger partial charge is 0.147 e. The van der Waals surface area contributed by atoms with Crippen molar-refractivity contribution in [1.82, 2.24) is 5.32 Å². The van der Waals surface area contributed by atoms with Crippen molar-refractivity contribution in [2.24, 2.45) is 0 Å². The summed E-state index contributed by atoms with van der Waals surface area (Å²) in [7, 11) is 1.83. The van der Waals surface area contributed by atoms with Gasteiger partial charge in [-0.3, -0.25) is 4.79 Å². The second-order valence-electron chi connectivity index (χ2n) is 3.41. The molecule has 1 unspecified atom stereocenters. The van der Waals surface area contributed by atoms with Crippen LogP contribution in [0.5, 0.6) is 0 Å². The van der Waals surface area contributed by atoms with Gasteiger partial charge in [-0.25, -0.2) is 0 Å². The lowest BCUT2D eigenvalue weighted by Crippen LogP contribution is -2.32. The van der Waals surface area contributed by atoms with Gasteiger partial charge >= 0.3 is 0 Å². The SMILES string of the molecule is CNC(CC1=CCCC=C1)C(C)=O. The Morgan fingerprint density at radius 3 is 2.85 bits per heavy atom. The van der Waals surface area contributed by atoms with E-state index in [1.807, 2.05) is 7.05 Å². The summed E-state index contributed by atoms with van der Waals surface area (Å²) in [5, 5.41) is 3.02. The Kier molecular flexibility index (Phi) is 3.90. The molecule has 0 aromatic carbocycles. The van der Waals surface area contributed by atoms with E-state index in [9.17, 15) is 4.79 Å². The number of carbonyl (C=O) groups excluding carboxylic acids is 1. The highest BCUT2D eigenvalue weighted by Gasteiger charge is 2.12. The van der Waals surface area contributed by atoms with Crippen molar-refractivity contribution in [3.8, 4) is 0 Å². The lowest BCUT2D eigenvalue weighted by molar-refractivity contribution is -0.118. The Balaban J connectivity index is 2.50.